The molecule has 0 radical (unpaired) electrons. The predicted molar refractivity (Wildman–Crippen MR) is 97.7 cm³/mol. The first-order valence-corrected chi connectivity index (χ1v) is 8.73. The van der Waals surface area contributed by atoms with Gasteiger partial charge in [-0.15, -0.1) is 0 Å². The average molecular weight is 362 g/mol. The van der Waals surface area contributed by atoms with Gasteiger partial charge in [0.05, 0.1) is 25.4 Å². The minimum atomic E-state index is -0.459. The van der Waals surface area contributed by atoms with Crippen molar-refractivity contribution in [1.82, 2.24) is 0 Å². The summed E-state index contributed by atoms with van der Waals surface area (Å²) in [6.07, 6.45) is 3.64. The SMILES string of the molecule is CCOC(=O)/C=C(\CC)Oc1ccccc1O/C(=C/C(=O)OCC)CC. The van der Waals surface area contributed by atoms with Gasteiger partial charge in [0.2, 0.25) is 0 Å². The molecule has 0 spiro atoms. The van der Waals surface area contributed by atoms with Gasteiger partial charge in [-0.2, -0.15) is 0 Å². The van der Waals surface area contributed by atoms with Crippen LogP contribution < -0.4 is 9.47 Å². The molecule has 0 unspecified atom stereocenters. The minimum absolute atomic E-state index is 0.296. The third kappa shape index (κ3) is 7.42. The highest BCUT2D eigenvalue weighted by Gasteiger charge is 2.11. The minimum Gasteiger partial charge on any atom is -0.463 e. The number of benzene rings is 1. The van der Waals surface area contributed by atoms with Crippen molar-refractivity contribution >= 4 is 11.9 Å². The molecule has 26 heavy (non-hydrogen) atoms. The predicted octanol–water partition coefficient (Wildman–Crippen LogP) is 4.16. The zero-order valence-electron chi connectivity index (χ0n) is 15.7. The maximum Gasteiger partial charge on any atom is 0.334 e. The van der Waals surface area contributed by atoms with Crippen LogP contribution in [0.5, 0.6) is 11.5 Å². The third-order valence-corrected chi connectivity index (χ3v) is 3.16. The molecular formula is C20H26O6. The van der Waals surface area contributed by atoms with Gasteiger partial charge in [0.25, 0.3) is 0 Å². The monoisotopic (exact) mass is 362 g/mol. The highest BCUT2D eigenvalue weighted by atomic mass is 16.5. The summed E-state index contributed by atoms with van der Waals surface area (Å²) < 4.78 is 21.4. The summed E-state index contributed by atoms with van der Waals surface area (Å²) in [4.78, 5) is 23.2. The van der Waals surface area contributed by atoms with Crippen LogP contribution in [0.4, 0.5) is 0 Å². The quantitative estimate of drug-likeness (QED) is 0.354. The van der Waals surface area contributed by atoms with Crippen LogP contribution in [-0.4, -0.2) is 25.2 Å². The lowest BCUT2D eigenvalue weighted by Crippen LogP contribution is -2.06. The molecule has 1 aromatic carbocycles. The first-order valence-electron chi connectivity index (χ1n) is 8.73. The molecule has 0 amide bonds. The van der Waals surface area contributed by atoms with Crippen molar-refractivity contribution in [2.24, 2.45) is 0 Å². The van der Waals surface area contributed by atoms with Crippen molar-refractivity contribution in [3.8, 4) is 11.5 Å². The number of carbonyl (C=O) groups excluding carboxylic acids is 2. The van der Waals surface area contributed by atoms with Crippen LogP contribution in [0.3, 0.4) is 0 Å². The van der Waals surface area contributed by atoms with Crippen LogP contribution in [0.1, 0.15) is 40.5 Å². The van der Waals surface area contributed by atoms with E-state index in [0.29, 0.717) is 49.1 Å². The summed E-state index contributed by atoms with van der Waals surface area (Å²) in [5.74, 6) is 0.860. The summed E-state index contributed by atoms with van der Waals surface area (Å²) in [5, 5.41) is 0. The van der Waals surface area contributed by atoms with E-state index in [2.05, 4.69) is 0 Å². The molecule has 1 aromatic rings. The second kappa shape index (κ2) is 11.7. The highest BCUT2D eigenvalue weighted by molar-refractivity contribution is 5.83. The Bertz CT molecular complexity index is 603. The Morgan fingerprint density at radius 3 is 1.46 bits per heavy atom. The Morgan fingerprint density at radius 2 is 1.15 bits per heavy atom. The molecule has 0 fully saturated rings. The van der Waals surface area contributed by atoms with Gasteiger partial charge in [-0.25, -0.2) is 9.59 Å². The molecule has 0 aromatic heterocycles. The summed E-state index contributed by atoms with van der Waals surface area (Å²) in [6.45, 7) is 7.81. The maximum atomic E-state index is 11.6. The Balaban J connectivity index is 2.99. The normalized spacial score (nSPS) is 11.7. The molecule has 0 saturated heterocycles. The van der Waals surface area contributed by atoms with E-state index in [1.165, 1.54) is 12.2 Å². The zero-order chi connectivity index (χ0) is 19.4. The van der Waals surface area contributed by atoms with Crippen LogP contribution in [-0.2, 0) is 19.1 Å². The second-order valence-electron chi connectivity index (χ2n) is 5.08. The van der Waals surface area contributed by atoms with Gasteiger partial charge in [-0.3, -0.25) is 0 Å². The van der Waals surface area contributed by atoms with Crippen molar-refractivity contribution < 1.29 is 28.5 Å². The van der Waals surface area contributed by atoms with Crippen molar-refractivity contribution in [2.45, 2.75) is 40.5 Å². The Morgan fingerprint density at radius 1 is 0.769 bits per heavy atom. The Kier molecular flexibility index (Phi) is 9.61. The number of esters is 2. The average Bonchev–Trinajstić information content (AvgIpc) is 2.62. The molecule has 0 bridgehead atoms. The summed E-state index contributed by atoms with van der Waals surface area (Å²) in [7, 11) is 0. The number of ether oxygens (including phenoxy) is 4. The van der Waals surface area contributed by atoms with Crippen LogP contribution >= 0.6 is 0 Å². The first kappa shape index (κ1) is 21.3. The molecule has 0 aliphatic rings. The number of hydrogen-bond acceptors (Lipinski definition) is 6. The van der Waals surface area contributed by atoms with Crippen molar-refractivity contribution in [2.75, 3.05) is 13.2 Å². The van der Waals surface area contributed by atoms with Crippen LogP contribution in [0, 0.1) is 0 Å². The standard InChI is InChI=1S/C20H26O6/c1-5-15(13-19(21)23-7-3)25-17-11-9-10-12-18(17)26-16(6-2)14-20(22)24-8-4/h9-14H,5-8H2,1-4H3/b15-13+,16-14+. The molecule has 0 N–H and O–H groups in total. The van der Waals surface area contributed by atoms with E-state index >= 15 is 0 Å². The molecule has 6 nitrogen and oxygen atoms in total. The van der Waals surface area contributed by atoms with E-state index in [9.17, 15) is 9.59 Å². The number of para-hydroxylation sites is 2. The van der Waals surface area contributed by atoms with Gasteiger partial charge in [0, 0.05) is 12.8 Å². The van der Waals surface area contributed by atoms with E-state index in [4.69, 9.17) is 18.9 Å². The van der Waals surface area contributed by atoms with Crippen LogP contribution in [0.15, 0.2) is 47.9 Å². The second-order valence-corrected chi connectivity index (χ2v) is 5.08. The molecule has 1 rings (SSSR count). The lowest BCUT2D eigenvalue weighted by molar-refractivity contribution is -0.138. The highest BCUT2D eigenvalue weighted by Crippen LogP contribution is 2.30. The molecular weight excluding hydrogens is 336 g/mol. The van der Waals surface area contributed by atoms with E-state index < -0.39 is 11.9 Å². The van der Waals surface area contributed by atoms with Gasteiger partial charge < -0.3 is 18.9 Å². The number of carbonyl (C=O) groups is 2. The van der Waals surface area contributed by atoms with Gasteiger partial charge in [-0.1, -0.05) is 26.0 Å². The largest absolute Gasteiger partial charge is 0.463 e. The van der Waals surface area contributed by atoms with Gasteiger partial charge >= 0.3 is 11.9 Å². The third-order valence-electron chi connectivity index (χ3n) is 3.16. The molecule has 0 saturated carbocycles. The van der Waals surface area contributed by atoms with E-state index in [1.807, 2.05) is 13.8 Å². The molecule has 0 heterocycles. The Labute approximate surface area is 154 Å². The number of hydrogen-bond donors (Lipinski definition) is 0. The fourth-order valence-electron chi connectivity index (χ4n) is 1.94. The van der Waals surface area contributed by atoms with E-state index in [-0.39, 0.29) is 0 Å². The fraction of sp³-hybridized carbons (Fsp3) is 0.400. The fourth-order valence-corrected chi connectivity index (χ4v) is 1.94. The number of allylic oxidation sites excluding steroid dienone is 2. The van der Waals surface area contributed by atoms with Crippen molar-refractivity contribution in [1.29, 1.82) is 0 Å². The van der Waals surface area contributed by atoms with Crippen LogP contribution in [0.25, 0.3) is 0 Å². The molecule has 0 aliphatic heterocycles. The molecule has 0 atom stereocenters. The lowest BCUT2D eigenvalue weighted by Gasteiger charge is -2.14. The van der Waals surface area contributed by atoms with E-state index in [1.54, 1.807) is 38.1 Å². The summed E-state index contributed by atoms with van der Waals surface area (Å²) in [6, 6.07) is 7.03. The topological polar surface area (TPSA) is 71.1 Å². The van der Waals surface area contributed by atoms with Gasteiger partial charge in [0.15, 0.2) is 11.5 Å². The number of rotatable bonds is 10. The maximum absolute atomic E-state index is 11.6. The van der Waals surface area contributed by atoms with E-state index in [0.717, 1.165) is 0 Å². The van der Waals surface area contributed by atoms with Gasteiger partial charge in [-0.05, 0) is 26.0 Å². The molecule has 142 valence electrons. The van der Waals surface area contributed by atoms with Crippen molar-refractivity contribution in [3.05, 3.63) is 47.9 Å². The molecule has 6 heteroatoms. The smallest absolute Gasteiger partial charge is 0.334 e. The first-order chi connectivity index (χ1) is 12.5. The van der Waals surface area contributed by atoms with Gasteiger partial charge in [0.1, 0.15) is 11.5 Å². The Hall–Kier alpha value is -2.76. The van der Waals surface area contributed by atoms with Crippen LogP contribution in [0.2, 0.25) is 0 Å². The summed E-state index contributed by atoms with van der Waals surface area (Å²) >= 11 is 0. The van der Waals surface area contributed by atoms with Crippen molar-refractivity contribution in [3.63, 3.8) is 0 Å². The molecule has 0 aliphatic carbocycles. The summed E-state index contributed by atoms with van der Waals surface area (Å²) in [5.41, 5.74) is 0. The zero-order valence-corrected chi connectivity index (χ0v) is 15.7. The lowest BCUT2D eigenvalue weighted by atomic mass is 10.3.